The molecule has 2 N–H and O–H groups in total. The van der Waals surface area contributed by atoms with Gasteiger partial charge in [-0.25, -0.2) is 8.78 Å². The van der Waals surface area contributed by atoms with Crippen molar-refractivity contribution >= 4 is 5.82 Å². The van der Waals surface area contributed by atoms with E-state index < -0.39 is 18.2 Å². The molecule has 5 rings (SSSR count). The molecule has 0 saturated carbocycles. The summed E-state index contributed by atoms with van der Waals surface area (Å²) in [6, 6.07) is 8.87. The molecule has 36 heavy (non-hydrogen) atoms. The smallest absolute Gasteiger partial charge is 0.253 e. The topological polar surface area (TPSA) is 83.3 Å². The van der Waals surface area contributed by atoms with Crippen LogP contribution in [0.15, 0.2) is 47.4 Å². The number of piperidine rings is 2. The Bertz CT molecular complexity index is 1330. The molecule has 2 aromatic heterocycles. The number of pyridine rings is 1. The number of anilines is 1. The minimum Gasteiger partial charge on any atom is -0.507 e. The summed E-state index contributed by atoms with van der Waals surface area (Å²) in [6.07, 6.45) is 6.85. The lowest BCUT2D eigenvalue weighted by Gasteiger charge is -2.55. The van der Waals surface area contributed by atoms with Gasteiger partial charge in [-0.1, -0.05) is 0 Å². The second-order valence-electron chi connectivity index (χ2n) is 10.7. The van der Waals surface area contributed by atoms with Gasteiger partial charge in [-0.3, -0.25) is 9.36 Å². The third kappa shape index (κ3) is 4.48. The van der Waals surface area contributed by atoms with Crippen molar-refractivity contribution in [1.29, 1.82) is 0 Å². The number of nitrogens with one attached hydrogen (secondary N) is 1. The molecule has 7 nitrogen and oxygen atoms in total. The summed E-state index contributed by atoms with van der Waals surface area (Å²) in [5, 5.41) is 23.2. The molecule has 2 aliphatic rings. The van der Waals surface area contributed by atoms with E-state index in [1.807, 2.05) is 13.1 Å². The number of fused-ring (bicyclic) bond motifs is 2. The molecule has 4 heterocycles. The fourth-order valence-electron chi connectivity index (χ4n) is 6.02. The molecule has 0 amide bonds. The average molecular weight is 496 g/mol. The van der Waals surface area contributed by atoms with Gasteiger partial charge in [0, 0.05) is 47.6 Å². The van der Waals surface area contributed by atoms with Crippen LogP contribution in [0, 0.1) is 5.82 Å². The lowest BCUT2D eigenvalue weighted by Crippen LogP contribution is -2.66. The molecular weight excluding hydrogens is 464 g/mol. The monoisotopic (exact) mass is 495 g/mol. The Morgan fingerprint density at radius 1 is 1.11 bits per heavy atom. The van der Waals surface area contributed by atoms with Crippen LogP contribution in [0.5, 0.6) is 5.75 Å². The maximum Gasteiger partial charge on any atom is 0.253 e. The highest BCUT2D eigenvalue weighted by Gasteiger charge is 2.46. The van der Waals surface area contributed by atoms with Gasteiger partial charge in [0.1, 0.15) is 11.6 Å². The second-order valence-corrected chi connectivity index (χ2v) is 10.7. The predicted molar refractivity (Wildman–Crippen MR) is 135 cm³/mol. The van der Waals surface area contributed by atoms with Crippen molar-refractivity contribution in [2.24, 2.45) is 0 Å². The van der Waals surface area contributed by atoms with Crippen LogP contribution in [0.25, 0.3) is 22.4 Å². The largest absolute Gasteiger partial charge is 0.507 e. The zero-order chi connectivity index (χ0) is 25.7. The van der Waals surface area contributed by atoms with E-state index in [-0.39, 0.29) is 33.5 Å². The fourth-order valence-corrected chi connectivity index (χ4v) is 6.02. The van der Waals surface area contributed by atoms with E-state index in [9.17, 15) is 18.7 Å². The SMILES string of the molecule is CN(c1ccc(-c2cc(F)c(-c3ccn(CF)c(=O)c3)cc2O)nn1)[C@@H]1C[C@]2(C)CCC[C@](C)(C1)N2. The normalized spacial score (nSPS) is 25.5. The molecule has 190 valence electrons. The molecule has 0 radical (unpaired) electrons. The van der Waals surface area contributed by atoms with E-state index in [4.69, 9.17) is 0 Å². The van der Waals surface area contributed by atoms with Crippen molar-refractivity contribution in [3.63, 3.8) is 0 Å². The molecule has 0 aliphatic carbocycles. The number of rotatable bonds is 5. The Hall–Kier alpha value is -3.33. The first-order chi connectivity index (χ1) is 17.1. The molecule has 0 spiro atoms. The summed E-state index contributed by atoms with van der Waals surface area (Å²) < 4.78 is 28.7. The zero-order valence-electron chi connectivity index (χ0n) is 20.8. The van der Waals surface area contributed by atoms with Gasteiger partial charge in [0.25, 0.3) is 5.56 Å². The van der Waals surface area contributed by atoms with Crippen LogP contribution in [-0.2, 0) is 6.80 Å². The zero-order valence-corrected chi connectivity index (χ0v) is 20.8. The number of benzene rings is 1. The number of phenolic OH excluding ortho intramolecular Hbond substituents is 1. The van der Waals surface area contributed by atoms with E-state index in [0.29, 0.717) is 11.7 Å². The maximum absolute atomic E-state index is 15.0. The first kappa shape index (κ1) is 24.4. The van der Waals surface area contributed by atoms with Crippen molar-refractivity contribution in [2.75, 3.05) is 11.9 Å². The van der Waals surface area contributed by atoms with Gasteiger partial charge in [-0.05, 0) is 81.8 Å². The Kier molecular flexibility index (Phi) is 6.06. The van der Waals surface area contributed by atoms with Crippen LogP contribution in [0.4, 0.5) is 14.6 Å². The van der Waals surface area contributed by atoms with E-state index in [0.717, 1.165) is 42.1 Å². The van der Waals surface area contributed by atoms with E-state index in [1.54, 1.807) is 6.07 Å². The first-order valence-corrected chi connectivity index (χ1v) is 12.3. The van der Waals surface area contributed by atoms with Crippen molar-refractivity contribution in [3.8, 4) is 28.1 Å². The van der Waals surface area contributed by atoms with Crippen LogP contribution >= 0.6 is 0 Å². The van der Waals surface area contributed by atoms with Crippen molar-refractivity contribution in [1.82, 2.24) is 20.1 Å². The summed E-state index contributed by atoms with van der Waals surface area (Å²) in [7, 11) is 2.03. The fraction of sp³-hybridized carbons (Fsp3) is 0.444. The van der Waals surface area contributed by atoms with E-state index in [2.05, 4.69) is 34.3 Å². The number of hydrogen-bond donors (Lipinski definition) is 2. The van der Waals surface area contributed by atoms with E-state index >= 15 is 0 Å². The molecule has 3 atom stereocenters. The van der Waals surface area contributed by atoms with Crippen LogP contribution in [-0.4, -0.2) is 44.0 Å². The number of phenols is 1. The maximum atomic E-state index is 15.0. The Balaban J connectivity index is 1.38. The summed E-state index contributed by atoms with van der Waals surface area (Å²) in [5.41, 5.74) is 0.462. The number of hydrogen-bond acceptors (Lipinski definition) is 6. The van der Waals surface area contributed by atoms with Crippen LogP contribution in [0.2, 0.25) is 0 Å². The van der Waals surface area contributed by atoms with Crippen molar-refractivity contribution < 1.29 is 13.9 Å². The van der Waals surface area contributed by atoms with Gasteiger partial charge in [-0.2, -0.15) is 0 Å². The van der Waals surface area contributed by atoms with Crippen LogP contribution in [0.3, 0.4) is 0 Å². The van der Waals surface area contributed by atoms with Crippen LogP contribution in [0.1, 0.15) is 46.0 Å². The molecule has 9 heteroatoms. The Morgan fingerprint density at radius 3 is 2.44 bits per heavy atom. The number of alkyl halides is 1. The summed E-state index contributed by atoms with van der Waals surface area (Å²) in [5.74, 6) is -0.102. The number of aromatic hydroxyl groups is 1. The highest BCUT2D eigenvalue weighted by atomic mass is 19.1. The van der Waals surface area contributed by atoms with Crippen molar-refractivity contribution in [2.45, 2.75) is 69.9 Å². The highest BCUT2D eigenvalue weighted by Crippen LogP contribution is 2.42. The predicted octanol–water partition coefficient (Wildman–Crippen LogP) is 4.63. The standard InChI is InChI=1S/C27H31F2N5O2/c1-26-8-4-9-27(2,32-26)15-18(14-26)33(3)24-6-5-22(30-31-24)20-12-21(29)19(13-23(20)35)17-7-10-34(16-28)25(36)11-17/h5-7,10-13,18,32,35H,4,8-9,14-16H2,1-3H3/t18-,26+,27-. The summed E-state index contributed by atoms with van der Waals surface area (Å²) in [4.78, 5) is 14.1. The van der Waals surface area contributed by atoms with E-state index in [1.165, 1.54) is 30.8 Å². The molecule has 3 aromatic rings. The first-order valence-electron chi connectivity index (χ1n) is 12.3. The molecule has 2 fully saturated rings. The lowest BCUT2D eigenvalue weighted by atomic mass is 9.69. The minimum atomic E-state index is -0.966. The third-order valence-corrected chi connectivity index (χ3v) is 7.79. The minimum absolute atomic E-state index is 0.0436. The molecule has 2 saturated heterocycles. The number of nitrogens with zero attached hydrogens (tertiary/aromatic N) is 4. The van der Waals surface area contributed by atoms with Gasteiger partial charge in [0.05, 0.1) is 5.69 Å². The Labute approximate surface area is 208 Å². The molecular formula is C27H31F2N5O2. The molecule has 0 unspecified atom stereocenters. The average Bonchev–Trinajstić information content (AvgIpc) is 2.83. The van der Waals surface area contributed by atoms with Crippen molar-refractivity contribution in [3.05, 3.63) is 58.8 Å². The van der Waals surface area contributed by atoms with Gasteiger partial charge in [0.15, 0.2) is 12.6 Å². The summed E-state index contributed by atoms with van der Waals surface area (Å²) in [6.45, 7) is 3.63. The lowest BCUT2D eigenvalue weighted by molar-refractivity contribution is 0.0784. The van der Waals surface area contributed by atoms with Gasteiger partial charge in [0.2, 0.25) is 0 Å². The molecule has 2 aliphatic heterocycles. The highest BCUT2D eigenvalue weighted by molar-refractivity contribution is 5.74. The number of aromatic nitrogens is 3. The third-order valence-electron chi connectivity index (χ3n) is 7.79. The number of halogens is 2. The summed E-state index contributed by atoms with van der Waals surface area (Å²) >= 11 is 0. The quantitative estimate of drug-likeness (QED) is 0.537. The molecule has 2 bridgehead atoms. The van der Waals surface area contributed by atoms with Gasteiger partial charge >= 0.3 is 0 Å². The molecule has 1 aromatic carbocycles. The van der Waals surface area contributed by atoms with Gasteiger partial charge < -0.3 is 15.3 Å². The van der Waals surface area contributed by atoms with Crippen LogP contribution < -0.4 is 15.8 Å². The Morgan fingerprint density at radius 2 is 1.83 bits per heavy atom. The van der Waals surface area contributed by atoms with Gasteiger partial charge in [-0.15, -0.1) is 10.2 Å². The second kappa shape index (κ2) is 8.96.